The standard InChI is InChI=1S/C16H16N2O2/c1-3-7-11(4-2)17-14-10-15(16(19)20)18-13-9-6-5-8-12(13)14/h1,5-6,8-11H,4,7H2,2H3,(H,17,18)(H,19,20). The van der Waals surface area contributed by atoms with E-state index in [0.29, 0.717) is 11.9 Å². The van der Waals surface area contributed by atoms with E-state index in [2.05, 4.69) is 16.2 Å². The molecule has 1 unspecified atom stereocenters. The van der Waals surface area contributed by atoms with Crippen LogP contribution < -0.4 is 5.32 Å². The number of carboxylic acids is 1. The van der Waals surface area contributed by atoms with Crippen LogP contribution in [0.4, 0.5) is 5.69 Å². The van der Waals surface area contributed by atoms with Crippen LogP contribution in [-0.4, -0.2) is 22.1 Å². The second kappa shape index (κ2) is 6.07. The minimum Gasteiger partial charge on any atom is -0.477 e. The molecule has 102 valence electrons. The van der Waals surface area contributed by atoms with Crippen molar-refractivity contribution in [1.29, 1.82) is 0 Å². The first-order valence-electron chi connectivity index (χ1n) is 6.48. The number of terminal acetylenes is 1. The number of nitrogens with zero attached hydrogens (tertiary/aromatic N) is 1. The zero-order chi connectivity index (χ0) is 14.5. The summed E-state index contributed by atoms with van der Waals surface area (Å²) >= 11 is 0. The fourth-order valence-electron chi connectivity index (χ4n) is 2.06. The zero-order valence-corrected chi connectivity index (χ0v) is 11.3. The second-order valence-electron chi connectivity index (χ2n) is 4.54. The Labute approximate surface area is 117 Å². The van der Waals surface area contributed by atoms with E-state index < -0.39 is 5.97 Å². The van der Waals surface area contributed by atoms with E-state index in [1.54, 1.807) is 12.1 Å². The number of para-hydroxylation sites is 1. The summed E-state index contributed by atoms with van der Waals surface area (Å²) in [5.41, 5.74) is 1.45. The fraction of sp³-hybridized carbons (Fsp3) is 0.250. The normalized spacial score (nSPS) is 11.8. The van der Waals surface area contributed by atoms with Gasteiger partial charge in [0.1, 0.15) is 0 Å². The van der Waals surface area contributed by atoms with Crippen LogP contribution in [-0.2, 0) is 0 Å². The molecular weight excluding hydrogens is 252 g/mol. The molecule has 1 aromatic carbocycles. The smallest absolute Gasteiger partial charge is 0.354 e. The predicted octanol–water partition coefficient (Wildman–Crippen LogP) is 3.15. The summed E-state index contributed by atoms with van der Waals surface area (Å²) in [7, 11) is 0. The number of aromatic nitrogens is 1. The van der Waals surface area contributed by atoms with Crippen molar-refractivity contribution in [1.82, 2.24) is 4.98 Å². The Balaban J connectivity index is 2.49. The number of hydrogen-bond donors (Lipinski definition) is 2. The summed E-state index contributed by atoms with van der Waals surface area (Å²) in [4.78, 5) is 15.3. The highest BCUT2D eigenvalue weighted by atomic mass is 16.4. The lowest BCUT2D eigenvalue weighted by Crippen LogP contribution is -2.18. The van der Waals surface area contributed by atoms with Gasteiger partial charge in [0.25, 0.3) is 0 Å². The summed E-state index contributed by atoms with van der Waals surface area (Å²) < 4.78 is 0. The van der Waals surface area contributed by atoms with Crippen molar-refractivity contribution in [3.63, 3.8) is 0 Å². The number of carbonyl (C=O) groups is 1. The molecule has 2 aromatic rings. The van der Waals surface area contributed by atoms with Crippen LogP contribution in [0.15, 0.2) is 30.3 Å². The predicted molar refractivity (Wildman–Crippen MR) is 79.9 cm³/mol. The number of rotatable bonds is 5. The largest absolute Gasteiger partial charge is 0.477 e. The van der Waals surface area contributed by atoms with Crippen molar-refractivity contribution in [2.24, 2.45) is 0 Å². The third-order valence-corrected chi connectivity index (χ3v) is 3.15. The maximum absolute atomic E-state index is 11.2. The molecule has 0 aliphatic rings. The van der Waals surface area contributed by atoms with Gasteiger partial charge in [-0.15, -0.1) is 12.3 Å². The minimum atomic E-state index is -1.04. The number of aromatic carboxylic acids is 1. The quantitative estimate of drug-likeness (QED) is 0.818. The number of pyridine rings is 1. The zero-order valence-electron chi connectivity index (χ0n) is 11.3. The Kier molecular flexibility index (Phi) is 4.21. The average molecular weight is 268 g/mol. The van der Waals surface area contributed by atoms with Gasteiger partial charge in [-0.3, -0.25) is 0 Å². The van der Waals surface area contributed by atoms with E-state index >= 15 is 0 Å². The SMILES string of the molecule is C#CCC(CC)Nc1cc(C(=O)O)nc2ccccc12. The van der Waals surface area contributed by atoms with Gasteiger partial charge in [-0.25, -0.2) is 9.78 Å². The van der Waals surface area contributed by atoms with Gasteiger partial charge in [-0.2, -0.15) is 0 Å². The Bertz CT molecular complexity index is 674. The first-order valence-corrected chi connectivity index (χ1v) is 6.48. The third kappa shape index (κ3) is 2.89. The molecule has 0 spiro atoms. The van der Waals surface area contributed by atoms with Crippen LogP contribution in [0, 0.1) is 12.3 Å². The van der Waals surface area contributed by atoms with E-state index in [4.69, 9.17) is 11.5 Å². The molecule has 20 heavy (non-hydrogen) atoms. The number of hydrogen-bond acceptors (Lipinski definition) is 3. The lowest BCUT2D eigenvalue weighted by molar-refractivity contribution is 0.0691. The van der Waals surface area contributed by atoms with Crippen molar-refractivity contribution in [2.45, 2.75) is 25.8 Å². The summed E-state index contributed by atoms with van der Waals surface area (Å²) in [6.45, 7) is 2.04. The van der Waals surface area contributed by atoms with Crippen LogP contribution >= 0.6 is 0 Å². The highest BCUT2D eigenvalue weighted by molar-refractivity contribution is 5.97. The molecule has 0 saturated carbocycles. The molecule has 0 aliphatic carbocycles. The fourth-order valence-corrected chi connectivity index (χ4v) is 2.06. The van der Waals surface area contributed by atoms with Gasteiger partial charge in [0.05, 0.1) is 5.52 Å². The van der Waals surface area contributed by atoms with Crippen LogP contribution in [0.25, 0.3) is 10.9 Å². The first-order chi connectivity index (χ1) is 9.65. The molecule has 4 nitrogen and oxygen atoms in total. The molecule has 0 saturated heterocycles. The van der Waals surface area contributed by atoms with Gasteiger partial charge in [0.15, 0.2) is 5.69 Å². The number of nitrogens with one attached hydrogen (secondary N) is 1. The molecular formula is C16H16N2O2. The topological polar surface area (TPSA) is 62.2 Å². The maximum atomic E-state index is 11.2. The van der Waals surface area contributed by atoms with Crippen LogP contribution in [0.1, 0.15) is 30.3 Å². The van der Waals surface area contributed by atoms with Crippen molar-refractivity contribution >= 4 is 22.6 Å². The van der Waals surface area contributed by atoms with Gasteiger partial charge >= 0.3 is 5.97 Å². The molecule has 4 heteroatoms. The van der Waals surface area contributed by atoms with E-state index in [9.17, 15) is 4.79 Å². The molecule has 1 heterocycles. The summed E-state index contributed by atoms with van der Waals surface area (Å²) in [6.07, 6.45) is 6.81. The van der Waals surface area contributed by atoms with Crippen molar-refractivity contribution in [3.05, 3.63) is 36.0 Å². The van der Waals surface area contributed by atoms with Crippen molar-refractivity contribution in [2.75, 3.05) is 5.32 Å². The second-order valence-corrected chi connectivity index (χ2v) is 4.54. The van der Waals surface area contributed by atoms with Gasteiger partial charge < -0.3 is 10.4 Å². The molecule has 1 aromatic heterocycles. The maximum Gasteiger partial charge on any atom is 0.354 e. The third-order valence-electron chi connectivity index (χ3n) is 3.15. The lowest BCUT2D eigenvalue weighted by atomic mass is 10.1. The van der Waals surface area contributed by atoms with Crippen molar-refractivity contribution < 1.29 is 9.90 Å². The number of carboxylic acid groups (broad SMARTS) is 1. The molecule has 0 bridgehead atoms. The number of benzene rings is 1. The van der Waals surface area contributed by atoms with E-state index in [1.807, 2.05) is 25.1 Å². The summed E-state index contributed by atoms with van der Waals surface area (Å²) in [5, 5.41) is 13.4. The van der Waals surface area contributed by atoms with Gasteiger partial charge in [-0.1, -0.05) is 25.1 Å². The summed E-state index contributed by atoms with van der Waals surface area (Å²) in [5.74, 6) is 1.59. The first kappa shape index (κ1) is 13.9. The Morgan fingerprint density at radius 3 is 2.90 bits per heavy atom. The molecule has 0 aliphatic heterocycles. The Hall–Kier alpha value is -2.54. The van der Waals surface area contributed by atoms with Crippen LogP contribution in [0.5, 0.6) is 0 Å². The summed E-state index contributed by atoms with van der Waals surface area (Å²) in [6, 6.07) is 9.13. The van der Waals surface area contributed by atoms with Crippen LogP contribution in [0.2, 0.25) is 0 Å². The highest BCUT2D eigenvalue weighted by Gasteiger charge is 2.13. The molecule has 2 rings (SSSR count). The molecule has 2 N–H and O–H groups in total. The average Bonchev–Trinajstić information content (AvgIpc) is 2.46. The van der Waals surface area contributed by atoms with E-state index in [0.717, 1.165) is 17.5 Å². The number of anilines is 1. The lowest BCUT2D eigenvalue weighted by Gasteiger charge is -2.17. The number of fused-ring (bicyclic) bond motifs is 1. The van der Waals surface area contributed by atoms with Gasteiger partial charge in [0.2, 0.25) is 0 Å². The van der Waals surface area contributed by atoms with Gasteiger partial charge in [0, 0.05) is 23.5 Å². The monoisotopic (exact) mass is 268 g/mol. The molecule has 0 amide bonds. The molecule has 1 atom stereocenters. The van der Waals surface area contributed by atoms with Crippen molar-refractivity contribution in [3.8, 4) is 12.3 Å². The van der Waals surface area contributed by atoms with E-state index in [1.165, 1.54) is 0 Å². The molecule has 0 fully saturated rings. The Morgan fingerprint density at radius 1 is 1.50 bits per heavy atom. The minimum absolute atomic E-state index is 0.0294. The van der Waals surface area contributed by atoms with Crippen LogP contribution in [0.3, 0.4) is 0 Å². The van der Waals surface area contributed by atoms with E-state index in [-0.39, 0.29) is 11.7 Å². The Morgan fingerprint density at radius 2 is 2.25 bits per heavy atom. The molecule has 0 radical (unpaired) electrons. The van der Waals surface area contributed by atoms with Gasteiger partial charge in [-0.05, 0) is 18.6 Å². The highest BCUT2D eigenvalue weighted by Crippen LogP contribution is 2.24.